The molecule has 0 spiro atoms. The molecule has 2 N–H and O–H groups in total. The topological polar surface area (TPSA) is 121 Å². The Morgan fingerprint density at radius 3 is 2.22 bits per heavy atom. The average Bonchev–Trinajstić information content (AvgIpc) is 2.46. The molecule has 0 heterocycles. The van der Waals surface area contributed by atoms with Crippen molar-refractivity contribution in [1.29, 1.82) is 0 Å². The predicted octanol–water partition coefficient (Wildman–Crippen LogP) is -1.91. The second-order valence-corrected chi connectivity index (χ2v) is 6.12. The van der Waals surface area contributed by atoms with Gasteiger partial charge < -0.3 is 14.9 Å². The second kappa shape index (κ2) is 9.17. The van der Waals surface area contributed by atoms with E-state index in [0.717, 1.165) is 7.11 Å². The zero-order chi connectivity index (χ0) is 16.9. The van der Waals surface area contributed by atoms with Crippen molar-refractivity contribution in [3.8, 4) is 0 Å². The normalized spacial score (nSPS) is 12.3. The van der Waals surface area contributed by atoms with E-state index in [1.165, 1.54) is 24.3 Å². The van der Waals surface area contributed by atoms with Crippen LogP contribution in [0.3, 0.4) is 0 Å². The van der Waals surface area contributed by atoms with Gasteiger partial charge in [0, 0.05) is 21.1 Å². The first-order chi connectivity index (χ1) is 10.2. The molecule has 11 heteroatoms. The number of carboxylic acids is 1. The van der Waals surface area contributed by atoms with Crippen molar-refractivity contribution in [3.05, 3.63) is 24.3 Å². The molecule has 0 aliphatic carbocycles. The van der Waals surface area contributed by atoms with Crippen LogP contribution in [0.2, 0.25) is 0 Å². The quantitative estimate of drug-likeness (QED) is 0.324. The van der Waals surface area contributed by atoms with Crippen LogP contribution < -0.4 is 5.46 Å². The molecule has 1 rings (SSSR count). The molecule has 0 saturated carbocycles. The molecule has 0 aromatic heterocycles. The Morgan fingerprint density at radius 2 is 1.83 bits per heavy atom. The van der Waals surface area contributed by atoms with Crippen LogP contribution in [-0.4, -0.2) is 69.0 Å². The number of benzene rings is 1. The van der Waals surface area contributed by atoms with Gasteiger partial charge in [0.25, 0.3) is 0 Å². The molecule has 0 aliphatic rings. The van der Waals surface area contributed by atoms with Crippen LogP contribution >= 0.6 is 0 Å². The molecule has 1 unspecified atom stereocenters. The van der Waals surface area contributed by atoms with Crippen LogP contribution in [0, 0.1) is 0 Å². The Balaban J connectivity index is 0.00000484. The van der Waals surface area contributed by atoms with Crippen LogP contribution in [0.5, 0.6) is 0 Å². The molecule has 1 aromatic carbocycles. The van der Waals surface area contributed by atoms with Gasteiger partial charge in [0.15, 0.2) is 0 Å². The Kier molecular flexibility index (Phi) is 8.68. The number of esters is 1. The van der Waals surface area contributed by atoms with E-state index < -0.39 is 41.2 Å². The van der Waals surface area contributed by atoms with Crippen LogP contribution in [0.25, 0.3) is 0 Å². The number of carboxylic acid groups (broad SMARTS) is 1. The molecule has 0 amide bonds. The summed E-state index contributed by atoms with van der Waals surface area (Å²) in [7, 11) is 2.16. The van der Waals surface area contributed by atoms with E-state index in [1.54, 1.807) is 0 Å². The third-order valence-corrected chi connectivity index (χ3v) is 4.67. The maximum absolute atomic E-state index is 12.5. The summed E-state index contributed by atoms with van der Waals surface area (Å²) in [5, 5.41) is 18.2. The summed E-state index contributed by atoms with van der Waals surface area (Å²) in [6.45, 7) is -1.85. The minimum atomic E-state index is -4.34. The molecule has 0 saturated heterocycles. The number of aliphatic carboxylic acids is 1. The summed E-state index contributed by atoms with van der Waals surface area (Å²) >= 11 is 0. The number of rotatable bonds is 7. The second-order valence-electron chi connectivity index (χ2n) is 4.23. The number of carbonyl (C=O) groups excluding carboxylic acids is 1. The number of nitrogens with zero attached hydrogens (tertiary/aromatic N) is 1. The van der Waals surface area contributed by atoms with Gasteiger partial charge in [-0.2, -0.15) is 4.31 Å². The summed E-state index contributed by atoms with van der Waals surface area (Å²) in [5.74, 6) is -2.55. The van der Waals surface area contributed by atoms with E-state index in [4.69, 9.17) is 18.1 Å². The fourth-order valence-corrected chi connectivity index (χ4v) is 3.14. The van der Waals surface area contributed by atoms with Crippen LogP contribution in [0.1, 0.15) is 0 Å². The monoisotopic (exact) mass is 511 g/mol. The standard InChI is InChI=1S/C12H14BNO7S.W/c1-21-11(16)6-14(10(7-15)12(17)18)22(19,20)9-4-2-8(13)3-5-9;/h2-5,10,15H,6-7H2,1H3,(H,17,18);. The number of carbonyl (C=O) groups is 2. The van der Waals surface area contributed by atoms with Gasteiger partial charge in [-0.25, -0.2) is 8.42 Å². The molecule has 0 bridgehead atoms. The zero-order valence-electron chi connectivity index (χ0n) is 12.1. The molecule has 1 atom stereocenters. The maximum atomic E-state index is 12.5. The molecule has 0 fully saturated rings. The van der Waals surface area contributed by atoms with Crippen molar-refractivity contribution in [1.82, 2.24) is 4.31 Å². The Bertz CT molecular complexity index is 650. The largest absolute Gasteiger partial charge is 0.480 e. The van der Waals surface area contributed by atoms with E-state index in [-0.39, 0.29) is 26.0 Å². The van der Waals surface area contributed by atoms with Crippen molar-refractivity contribution in [2.45, 2.75) is 10.9 Å². The smallest absolute Gasteiger partial charge is 0.324 e. The van der Waals surface area contributed by atoms with Gasteiger partial charge in [-0.05, 0) is 12.1 Å². The van der Waals surface area contributed by atoms with Gasteiger partial charge in [-0.15, -0.1) is 0 Å². The summed E-state index contributed by atoms with van der Waals surface area (Å²) in [4.78, 5) is 22.3. The van der Waals surface area contributed by atoms with Crippen molar-refractivity contribution < 1.29 is 54.0 Å². The van der Waals surface area contributed by atoms with Gasteiger partial charge in [0.2, 0.25) is 10.0 Å². The van der Waals surface area contributed by atoms with Gasteiger partial charge in [-0.1, -0.05) is 17.6 Å². The third-order valence-electron chi connectivity index (χ3n) is 2.80. The number of aliphatic hydroxyl groups is 1. The van der Waals surface area contributed by atoms with Gasteiger partial charge in [-0.3, -0.25) is 9.59 Å². The predicted molar refractivity (Wildman–Crippen MR) is 76.2 cm³/mol. The van der Waals surface area contributed by atoms with Crippen LogP contribution in [-0.2, 0) is 45.4 Å². The Hall–Kier alpha value is -1.22. The van der Waals surface area contributed by atoms with Crippen molar-refractivity contribution in [3.63, 3.8) is 0 Å². The van der Waals surface area contributed by atoms with Gasteiger partial charge in [0.05, 0.1) is 18.6 Å². The van der Waals surface area contributed by atoms with E-state index in [1.807, 2.05) is 0 Å². The fourth-order valence-electron chi connectivity index (χ4n) is 1.62. The average molecular weight is 511 g/mol. The van der Waals surface area contributed by atoms with Crippen LogP contribution in [0.4, 0.5) is 0 Å². The third kappa shape index (κ3) is 5.42. The number of aliphatic hydroxyl groups excluding tert-OH is 1. The number of sulfonamides is 1. The first-order valence-electron chi connectivity index (χ1n) is 6.02. The number of hydrogen-bond donors (Lipinski definition) is 2. The minimum absolute atomic E-state index is 0. The number of ether oxygens (including phenoxy) is 1. The first kappa shape index (κ1) is 21.8. The molecule has 8 nitrogen and oxygen atoms in total. The first-order valence-corrected chi connectivity index (χ1v) is 7.46. The molecule has 2 radical (unpaired) electrons. The summed E-state index contributed by atoms with van der Waals surface area (Å²) in [5.41, 5.74) is 0.315. The van der Waals surface area contributed by atoms with Crippen molar-refractivity contribution in [2.75, 3.05) is 20.3 Å². The number of methoxy groups -OCH3 is 1. The molecule has 1 aromatic rings. The van der Waals surface area contributed by atoms with Gasteiger partial charge in [0.1, 0.15) is 20.4 Å². The minimum Gasteiger partial charge on any atom is -0.480 e. The number of hydrogen-bond acceptors (Lipinski definition) is 6. The molecule has 0 aliphatic heterocycles. The summed E-state index contributed by atoms with van der Waals surface area (Å²) in [6, 6.07) is 3.16. The Labute approximate surface area is 149 Å². The SMILES string of the molecule is [B]c1ccc(S(=O)(=O)N(CC(=O)OC)C(CO)C(=O)O)cc1.[W]. The summed E-state index contributed by atoms with van der Waals surface area (Å²) < 4.78 is 29.7. The van der Waals surface area contributed by atoms with E-state index in [9.17, 15) is 18.0 Å². The molecular formula is C12H14BNO7SW. The molecular weight excluding hydrogens is 497 g/mol. The maximum Gasteiger partial charge on any atom is 0.324 e. The van der Waals surface area contributed by atoms with Crippen molar-refractivity contribution in [2.24, 2.45) is 0 Å². The van der Waals surface area contributed by atoms with Crippen LogP contribution in [0.15, 0.2) is 29.2 Å². The fraction of sp³-hybridized carbons (Fsp3) is 0.333. The Morgan fingerprint density at radius 1 is 1.30 bits per heavy atom. The zero-order valence-corrected chi connectivity index (χ0v) is 15.8. The van der Waals surface area contributed by atoms with E-state index in [2.05, 4.69) is 4.74 Å². The summed E-state index contributed by atoms with van der Waals surface area (Å²) in [6.07, 6.45) is 0. The van der Waals surface area contributed by atoms with Crippen molar-refractivity contribution >= 4 is 35.3 Å². The molecule has 23 heavy (non-hydrogen) atoms. The van der Waals surface area contributed by atoms with E-state index >= 15 is 0 Å². The van der Waals surface area contributed by atoms with E-state index in [0.29, 0.717) is 9.77 Å². The van der Waals surface area contributed by atoms with Gasteiger partial charge >= 0.3 is 11.9 Å². The molecule has 124 valence electrons.